The molecule has 0 saturated heterocycles. The Morgan fingerprint density at radius 2 is 1.67 bits per heavy atom. The molecule has 0 fully saturated rings. The van der Waals surface area contributed by atoms with E-state index >= 15 is 0 Å². The Balaban J connectivity index is 2.04. The van der Waals surface area contributed by atoms with Crippen LogP contribution in [-0.2, 0) is 9.59 Å². The first-order chi connectivity index (χ1) is 11.5. The second-order valence-electron chi connectivity index (χ2n) is 5.12. The molecule has 0 unspecified atom stereocenters. The molecule has 0 bridgehead atoms. The fourth-order valence-electron chi connectivity index (χ4n) is 2.23. The summed E-state index contributed by atoms with van der Waals surface area (Å²) in [6.45, 7) is 1.78. The molecular weight excluding hydrogens is 308 g/mol. The summed E-state index contributed by atoms with van der Waals surface area (Å²) < 4.78 is 10.5. The Hall–Kier alpha value is -3.02. The summed E-state index contributed by atoms with van der Waals surface area (Å²) in [4.78, 5) is 24.0. The highest BCUT2D eigenvalue weighted by molar-refractivity contribution is 6.39. The number of hydrogen-bond donors (Lipinski definition) is 2. The second-order valence-corrected chi connectivity index (χ2v) is 5.12. The van der Waals surface area contributed by atoms with E-state index in [0.29, 0.717) is 17.2 Å². The molecule has 1 atom stereocenters. The van der Waals surface area contributed by atoms with Crippen LogP contribution in [0, 0.1) is 0 Å². The maximum atomic E-state index is 12.1. The fourth-order valence-corrected chi connectivity index (χ4v) is 2.23. The van der Waals surface area contributed by atoms with E-state index in [-0.39, 0.29) is 0 Å². The van der Waals surface area contributed by atoms with Crippen LogP contribution in [0.3, 0.4) is 0 Å². The van der Waals surface area contributed by atoms with Gasteiger partial charge in [-0.1, -0.05) is 18.2 Å². The van der Waals surface area contributed by atoms with Crippen LogP contribution in [-0.4, -0.2) is 26.0 Å². The largest absolute Gasteiger partial charge is 0.497 e. The van der Waals surface area contributed by atoms with Crippen LogP contribution in [0.5, 0.6) is 11.5 Å². The van der Waals surface area contributed by atoms with E-state index < -0.39 is 17.9 Å². The summed E-state index contributed by atoms with van der Waals surface area (Å²) in [5.74, 6) is -0.216. The van der Waals surface area contributed by atoms with Crippen molar-refractivity contribution in [1.82, 2.24) is 5.32 Å². The molecule has 24 heavy (non-hydrogen) atoms. The van der Waals surface area contributed by atoms with Gasteiger partial charge in [-0.05, 0) is 31.2 Å². The first kappa shape index (κ1) is 17.3. The van der Waals surface area contributed by atoms with Gasteiger partial charge in [-0.25, -0.2) is 0 Å². The normalized spacial score (nSPS) is 11.3. The van der Waals surface area contributed by atoms with E-state index in [1.54, 1.807) is 56.5 Å². The highest BCUT2D eigenvalue weighted by atomic mass is 16.5. The van der Waals surface area contributed by atoms with E-state index in [1.165, 1.54) is 7.11 Å². The van der Waals surface area contributed by atoms with Crippen LogP contribution in [0.1, 0.15) is 18.5 Å². The smallest absolute Gasteiger partial charge is 0.313 e. The van der Waals surface area contributed by atoms with Crippen LogP contribution in [0.15, 0.2) is 48.5 Å². The number of carbonyl (C=O) groups is 2. The van der Waals surface area contributed by atoms with E-state index in [1.807, 2.05) is 6.07 Å². The zero-order valence-electron chi connectivity index (χ0n) is 13.8. The predicted octanol–water partition coefficient (Wildman–Crippen LogP) is 2.52. The number of para-hydroxylation sites is 1. The third-order valence-electron chi connectivity index (χ3n) is 3.49. The first-order valence-electron chi connectivity index (χ1n) is 7.44. The van der Waals surface area contributed by atoms with Gasteiger partial charge in [0.15, 0.2) is 0 Å². The van der Waals surface area contributed by atoms with Gasteiger partial charge >= 0.3 is 11.8 Å². The van der Waals surface area contributed by atoms with Gasteiger partial charge in [0.2, 0.25) is 0 Å². The summed E-state index contributed by atoms with van der Waals surface area (Å²) in [6.07, 6.45) is 0. The molecule has 2 aromatic carbocycles. The molecule has 126 valence electrons. The SMILES string of the molecule is COc1ccc([C@H](C)NC(=O)C(=O)Nc2ccccc2)c(OC)c1. The third kappa shape index (κ3) is 4.25. The van der Waals surface area contributed by atoms with Crippen molar-refractivity contribution in [2.24, 2.45) is 0 Å². The quantitative estimate of drug-likeness (QED) is 0.827. The summed E-state index contributed by atoms with van der Waals surface area (Å²) >= 11 is 0. The number of amides is 2. The molecule has 0 radical (unpaired) electrons. The lowest BCUT2D eigenvalue weighted by Gasteiger charge is -2.17. The van der Waals surface area contributed by atoms with Gasteiger partial charge in [0, 0.05) is 17.3 Å². The molecule has 0 saturated carbocycles. The van der Waals surface area contributed by atoms with E-state index in [4.69, 9.17) is 9.47 Å². The van der Waals surface area contributed by atoms with Crippen molar-refractivity contribution in [3.05, 3.63) is 54.1 Å². The van der Waals surface area contributed by atoms with Crippen molar-refractivity contribution in [2.45, 2.75) is 13.0 Å². The lowest BCUT2D eigenvalue weighted by Crippen LogP contribution is -2.37. The fraction of sp³-hybridized carbons (Fsp3) is 0.222. The summed E-state index contributed by atoms with van der Waals surface area (Å²) in [5, 5.41) is 5.20. The second kappa shape index (κ2) is 8.01. The Morgan fingerprint density at radius 3 is 2.29 bits per heavy atom. The molecule has 2 aromatic rings. The lowest BCUT2D eigenvalue weighted by atomic mass is 10.1. The van der Waals surface area contributed by atoms with Crippen molar-refractivity contribution >= 4 is 17.5 Å². The first-order valence-corrected chi connectivity index (χ1v) is 7.44. The average Bonchev–Trinajstić information content (AvgIpc) is 2.61. The molecule has 6 nitrogen and oxygen atoms in total. The van der Waals surface area contributed by atoms with Crippen molar-refractivity contribution < 1.29 is 19.1 Å². The van der Waals surface area contributed by atoms with Crippen LogP contribution >= 0.6 is 0 Å². The Morgan fingerprint density at radius 1 is 0.958 bits per heavy atom. The number of benzene rings is 2. The molecule has 6 heteroatoms. The zero-order chi connectivity index (χ0) is 17.5. The zero-order valence-corrected chi connectivity index (χ0v) is 13.8. The summed E-state index contributed by atoms with van der Waals surface area (Å²) in [6, 6.07) is 13.7. The van der Waals surface area contributed by atoms with Gasteiger partial charge in [0.1, 0.15) is 11.5 Å². The van der Waals surface area contributed by atoms with Crippen LogP contribution in [0.25, 0.3) is 0 Å². The van der Waals surface area contributed by atoms with E-state index in [9.17, 15) is 9.59 Å². The van der Waals surface area contributed by atoms with Crippen molar-refractivity contribution in [3.8, 4) is 11.5 Å². The summed E-state index contributed by atoms with van der Waals surface area (Å²) in [7, 11) is 3.10. The van der Waals surface area contributed by atoms with Gasteiger partial charge in [-0.15, -0.1) is 0 Å². The molecule has 0 aliphatic rings. The Kier molecular flexibility index (Phi) is 5.78. The number of hydrogen-bond acceptors (Lipinski definition) is 4. The van der Waals surface area contributed by atoms with Gasteiger partial charge in [-0.2, -0.15) is 0 Å². The number of rotatable bonds is 5. The summed E-state index contributed by atoms with van der Waals surface area (Å²) in [5.41, 5.74) is 1.31. The van der Waals surface area contributed by atoms with Crippen molar-refractivity contribution in [2.75, 3.05) is 19.5 Å². The molecule has 0 spiro atoms. The van der Waals surface area contributed by atoms with Gasteiger partial charge < -0.3 is 20.1 Å². The van der Waals surface area contributed by atoms with Crippen LogP contribution in [0.2, 0.25) is 0 Å². The molecule has 2 N–H and O–H groups in total. The minimum atomic E-state index is -0.722. The van der Waals surface area contributed by atoms with Crippen molar-refractivity contribution in [3.63, 3.8) is 0 Å². The molecular formula is C18H20N2O4. The maximum absolute atomic E-state index is 12.1. The molecule has 2 rings (SSSR count). The monoisotopic (exact) mass is 328 g/mol. The Bertz CT molecular complexity index is 716. The molecule has 0 aromatic heterocycles. The molecule has 2 amide bonds. The lowest BCUT2D eigenvalue weighted by molar-refractivity contribution is -0.136. The van der Waals surface area contributed by atoms with Gasteiger partial charge in [-0.3, -0.25) is 9.59 Å². The molecule has 0 aliphatic heterocycles. The average molecular weight is 328 g/mol. The maximum Gasteiger partial charge on any atom is 0.313 e. The van der Waals surface area contributed by atoms with Crippen LogP contribution in [0.4, 0.5) is 5.69 Å². The standard InChI is InChI=1S/C18H20N2O4/c1-12(15-10-9-14(23-2)11-16(15)24-3)19-17(21)18(22)20-13-7-5-4-6-8-13/h4-12H,1-3H3,(H,19,21)(H,20,22)/t12-/m0/s1. The minimum absolute atomic E-state index is 0.403. The van der Waals surface area contributed by atoms with Crippen LogP contribution < -0.4 is 20.1 Å². The highest BCUT2D eigenvalue weighted by Crippen LogP contribution is 2.29. The van der Waals surface area contributed by atoms with Gasteiger partial charge in [0.25, 0.3) is 0 Å². The van der Waals surface area contributed by atoms with E-state index in [0.717, 1.165) is 5.56 Å². The topological polar surface area (TPSA) is 76.7 Å². The number of anilines is 1. The number of methoxy groups -OCH3 is 2. The van der Waals surface area contributed by atoms with Gasteiger partial charge in [0.05, 0.1) is 20.3 Å². The molecule has 0 heterocycles. The number of carbonyl (C=O) groups excluding carboxylic acids is 2. The minimum Gasteiger partial charge on any atom is -0.497 e. The third-order valence-corrected chi connectivity index (χ3v) is 3.49. The Labute approximate surface area is 140 Å². The number of ether oxygens (including phenoxy) is 2. The number of nitrogens with one attached hydrogen (secondary N) is 2. The predicted molar refractivity (Wildman–Crippen MR) is 91.2 cm³/mol. The van der Waals surface area contributed by atoms with Crippen molar-refractivity contribution in [1.29, 1.82) is 0 Å². The molecule has 0 aliphatic carbocycles. The van der Waals surface area contributed by atoms with E-state index in [2.05, 4.69) is 10.6 Å². The highest BCUT2D eigenvalue weighted by Gasteiger charge is 2.19.